The summed E-state index contributed by atoms with van der Waals surface area (Å²) in [5, 5.41) is 0. The Morgan fingerprint density at radius 3 is 2.23 bits per heavy atom. The third-order valence-electron chi connectivity index (χ3n) is 1.86. The average molecular weight is 181 g/mol. The highest BCUT2D eigenvalue weighted by molar-refractivity contribution is 5.99. The molecule has 1 aliphatic rings. The molecule has 0 bridgehead atoms. The van der Waals surface area contributed by atoms with Crippen molar-refractivity contribution < 1.29 is 14.3 Å². The van der Waals surface area contributed by atoms with E-state index in [1.807, 2.05) is 0 Å². The van der Waals surface area contributed by atoms with Crippen LogP contribution in [0.5, 0.6) is 0 Å². The number of rotatable bonds is 1. The van der Waals surface area contributed by atoms with E-state index >= 15 is 0 Å². The Labute approximate surface area is 76.8 Å². The molecule has 70 valence electrons. The molecule has 1 heterocycles. The van der Waals surface area contributed by atoms with Crippen LogP contribution in [-0.4, -0.2) is 35.5 Å². The maximum Gasteiger partial charge on any atom is 0.256 e. The summed E-state index contributed by atoms with van der Waals surface area (Å²) in [7, 11) is 0. The Bertz CT molecular complexity index is 272. The van der Waals surface area contributed by atoms with Gasteiger partial charge in [-0.3, -0.25) is 14.5 Å². The number of amides is 2. The van der Waals surface area contributed by atoms with E-state index in [0.29, 0.717) is 0 Å². The lowest BCUT2D eigenvalue weighted by Crippen LogP contribution is -2.56. The average Bonchev–Trinajstić information content (AvgIpc) is 2.03. The van der Waals surface area contributed by atoms with E-state index in [1.54, 1.807) is 13.8 Å². The van der Waals surface area contributed by atoms with Crippen LogP contribution in [0.2, 0.25) is 0 Å². The van der Waals surface area contributed by atoms with Crippen LogP contribution in [-0.2, 0) is 14.3 Å². The number of hydrogen-bond acceptors (Lipinski definition) is 3. The summed E-state index contributed by atoms with van der Waals surface area (Å²) in [6.45, 7) is 3.15. The maximum atomic E-state index is 11.3. The van der Waals surface area contributed by atoms with Crippen molar-refractivity contribution in [1.29, 1.82) is 0 Å². The van der Waals surface area contributed by atoms with Gasteiger partial charge in [0.2, 0.25) is 0 Å². The summed E-state index contributed by atoms with van der Waals surface area (Å²) in [5.41, 5.74) is -0.863. The first kappa shape index (κ1) is 9.75. The Hall–Kier alpha value is -1.34. The lowest BCUT2D eigenvalue weighted by molar-refractivity contribution is -0.162. The van der Waals surface area contributed by atoms with Crippen LogP contribution in [0.15, 0.2) is 0 Å². The highest BCUT2D eigenvalue weighted by Gasteiger charge is 2.37. The quantitative estimate of drug-likeness (QED) is 0.415. The van der Waals surface area contributed by atoms with Gasteiger partial charge in [0.05, 0.1) is 0 Å². The van der Waals surface area contributed by atoms with Crippen molar-refractivity contribution in [3.8, 4) is 12.3 Å². The summed E-state index contributed by atoms with van der Waals surface area (Å²) in [6, 6.07) is 0. The fourth-order valence-electron chi connectivity index (χ4n) is 1.18. The number of morpholine rings is 1. The Morgan fingerprint density at radius 2 is 1.85 bits per heavy atom. The number of carbonyl (C=O) groups excluding carboxylic acids is 2. The van der Waals surface area contributed by atoms with Crippen LogP contribution < -0.4 is 0 Å². The second kappa shape index (κ2) is 3.19. The maximum absolute atomic E-state index is 11.3. The van der Waals surface area contributed by atoms with E-state index < -0.39 is 5.54 Å². The number of terminal acetylenes is 1. The minimum atomic E-state index is -0.863. The van der Waals surface area contributed by atoms with E-state index in [-0.39, 0.29) is 25.0 Å². The van der Waals surface area contributed by atoms with Crippen LogP contribution in [0.25, 0.3) is 0 Å². The van der Waals surface area contributed by atoms with E-state index in [9.17, 15) is 9.59 Å². The molecule has 0 aromatic heterocycles. The van der Waals surface area contributed by atoms with E-state index in [2.05, 4.69) is 5.92 Å². The summed E-state index contributed by atoms with van der Waals surface area (Å²) < 4.78 is 4.75. The zero-order chi connectivity index (χ0) is 10.1. The van der Waals surface area contributed by atoms with Crippen LogP contribution in [0.3, 0.4) is 0 Å². The number of nitrogens with zero attached hydrogens (tertiary/aromatic N) is 1. The number of ether oxygens (including phenoxy) is 1. The first-order valence-corrected chi connectivity index (χ1v) is 3.90. The molecule has 1 saturated heterocycles. The molecule has 0 spiro atoms. The molecular formula is C9H11NO3. The van der Waals surface area contributed by atoms with E-state index in [4.69, 9.17) is 11.2 Å². The van der Waals surface area contributed by atoms with Gasteiger partial charge in [0.15, 0.2) is 0 Å². The van der Waals surface area contributed by atoms with Crippen molar-refractivity contribution in [2.24, 2.45) is 0 Å². The van der Waals surface area contributed by atoms with Crippen molar-refractivity contribution in [1.82, 2.24) is 4.90 Å². The third kappa shape index (κ3) is 1.70. The number of hydrogen-bond donors (Lipinski definition) is 0. The van der Waals surface area contributed by atoms with Crippen molar-refractivity contribution in [2.45, 2.75) is 19.4 Å². The van der Waals surface area contributed by atoms with Gasteiger partial charge in [-0.25, -0.2) is 0 Å². The molecule has 2 amide bonds. The zero-order valence-corrected chi connectivity index (χ0v) is 7.66. The first-order chi connectivity index (χ1) is 5.99. The van der Waals surface area contributed by atoms with Gasteiger partial charge in [0, 0.05) is 0 Å². The molecule has 1 aliphatic heterocycles. The fourth-order valence-corrected chi connectivity index (χ4v) is 1.18. The first-order valence-electron chi connectivity index (χ1n) is 3.90. The molecule has 13 heavy (non-hydrogen) atoms. The molecule has 0 N–H and O–H groups in total. The molecule has 0 aliphatic carbocycles. The molecule has 0 atom stereocenters. The van der Waals surface area contributed by atoms with Gasteiger partial charge >= 0.3 is 0 Å². The molecule has 0 saturated carbocycles. The van der Waals surface area contributed by atoms with Crippen molar-refractivity contribution in [3.05, 3.63) is 0 Å². The summed E-state index contributed by atoms with van der Waals surface area (Å²) >= 11 is 0. The lowest BCUT2D eigenvalue weighted by Gasteiger charge is -2.35. The smallest absolute Gasteiger partial charge is 0.256 e. The highest BCUT2D eigenvalue weighted by Crippen LogP contribution is 2.16. The summed E-state index contributed by atoms with van der Waals surface area (Å²) in [6.07, 6.45) is 5.22. The molecule has 0 unspecified atom stereocenters. The van der Waals surface area contributed by atoms with Gasteiger partial charge in [0.25, 0.3) is 11.8 Å². The number of imide groups is 1. The van der Waals surface area contributed by atoms with Crippen LogP contribution in [0.1, 0.15) is 13.8 Å². The molecule has 0 aromatic rings. The summed E-state index contributed by atoms with van der Waals surface area (Å²) in [4.78, 5) is 23.7. The van der Waals surface area contributed by atoms with Crippen LogP contribution in [0, 0.1) is 12.3 Å². The lowest BCUT2D eigenvalue weighted by atomic mass is 10.0. The standard InChI is InChI=1S/C9H11NO3/c1-4-9(2,3)10-7(11)5-13-6-8(10)12/h1H,5-6H2,2-3H3. The molecule has 1 rings (SSSR count). The van der Waals surface area contributed by atoms with Gasteiger partial charge in [0.1, 0.15) is 18.8 Å². The molecule has 1 fully saturated rings. The summed E-state index contributed by atoms with van der Waals surface area (Å²) in [5.74, 6) is 1.65. The highest BCUT2D eigenvalue weighted by atomic mass is 16.5. The SMILES string of the molecule is C#CC(C)(C)N1C(=O)COCC1=O. The van der Waals surface area contributed by atoms with E-state index in [1.165, 1.54) is 0 Å². The second-order valence-corrected chi connectivity index (χ2v) is 3.32. The van der Waals surface area contributed by atoms with Gasteiger partial charge < -0.3 is 4.74 Å². The number of carbonyl (C=O) groups is 2. The largest absolute Gasteiger partial charge is 0.362 e. The monoisotopic (exact) mass is 181 g/mol. The molecule has 0 aromatic carbocycles. The van der Waals surface area contributed by atoms with E-state index in [0.717, 1.165) is 4.90 Å². The van der Waals surface area contributed by atoms with Crippen molar-refractivity contribution >= 4 is 11.8 Å². The van der Waals surface area contributed by atoms with Gasteiger partial charge in [-0.1, -0.05) is 5.92 Å². The Kier molecular flexibility index (Phi) is 2.39. The topological polar surface area (TPSA) is 46.6 Å². The second-order valence-electron chi connectivity index (χ2n) is 3.32. The molecular weight excluding hydrogens is 170 g/mol. The Balaban J connectivity index is 2.94. The van der Waals surface area contributed by atoms with Crippen molar-refractivity contribution in [3.63, 3.8) is 0 Å². The third-order valence-corrected chi connectivity index (χ3v) is 1.86. The predicted octanol–water partition coefficient (Wildman–Crippen LogP) is -0.216. The van der Waals surface area contributed by atoms with Gasteiger partial charge in [-0.2, -0.15) is 0 Å². The Morgan fingerprint density at radius 1 is 1.38 bits per heavy atom. The predicted molar refractivity (Wildman–Crippen MR) is 45.6 cm³/mol. The van der Waals surface area contributed by atoms with Crippen LogP contribution >= 0.6 is 0 Å². The normalized spacial score (nSPS) is 18.7. The minimum absolute atomic E-state index is 0.0726. The van der Waals surface area contributed by atoms with Gasteiger partial charge in [-0.15, -0.1) is 6.42 Å². The van der Waals surface area contributed by atoms with Crippen LogP contribution in [0.4, 0.5) is 0 Å². The fraction of sp³-hybridized carbons (Fsp3) is 0.556. The molecule has 0 radical (unpaired) electrons. The van der Waals surface area contributed by atoms with Crippen molar-refractivity contribution in [2.75, 3.05) is 13.2 Å². The molecule has 4 nitrogen and oxygen atoms in total. The van der Waals surface area contributed by atoms with Gasteiger partial charge in [-0.05, 0) is 13.8 Å². The minimum Gasteiger partial charge on any atom is -0.362 e. The zero-order valence-electron chi connectivity index (χ0n) is 7.66. The molecule has 4 heteroatoms.